The van der Waals surface area contributed by atoms with Gasteiger partial charge in [0.2, 0.25) is 5.95 Å². The molecule has 0 radical (unpaired) electrons. The Kier molecular flexibility index (Phi) is 5.55. The first kappa shape index (κ1) is 18.9. The quantitative estimate of drug-likeness (QED) is 0.284. The molecule has 1 aliphatic heterocycles. The first-order valence-corrected chi connectivity index (χ1v) is 7.09. The highest BCUT2D eigenvalue weighted by atomic mass is 19.4. The van der Waals surface area contributed by atoms with Gasteiger partial charge in [-0.2, -0.15) is 22.6 Å². The summed E-state index contributed by atoms with van der Waals surface area (Å²) < 4.78 is 50.9. The van der Waals surface area contributed by atoms with E-state index >= 15 is 0 Å². The summed E-state index contributed by atoms with van der Waals surface area (Å²) in [7, 11) is 0. The zero-order valence-corrected chi connectivity index (χ0v) is 13.1. The van der Waals surface area contributed by atoms with Crippen molar-refractivity contribution in [2.75, 3.05) is 0 Å². The molecular weight excluding hydrogens is 354 g/mol. The predicted octanol–water partition coefficient (Wildman–Crippen LogP) is 2.32. The molecule has 0 aliphatic carbocycles. The van der Waals surface area contributed by atoms with Crippen molar-refractivity contribution in [1.29, 1.82) is 5.41 Å². The molecule has 0 bridgehead atoms. The number of benzene rings is 1. The van der Waals surface area contributed by atoms with Gasteiger partial charge >= 0.3 is 6.18 Å². The third-order valence-corrected chi connectivity index (χ3v) is 3.13. The van der Waals surface area contributed by atoms with E-state index in [1.54, 1.807) is 0 Å². The lowest BCUT2D eigenvalue weighted by Gasteiger charge is -2.10. The first-order chi connectivity index (χ1) is 12.2. The van der Waals surface area contributed by atoms with Crippen LogP contribution in [0, 0.1) is 5.41 Å². The lowest BCUT2D eigenvalue weighted by atomic mass is 10.1. The lowest BCUT2D eigenvalue weighted by Crippen LogP contribution is -2.25. The number of alkyl halides is 3. The highest BCUT2D eigenvalue weighted by Gasteiger charge is 2.30. The Labute approximate surface area is 145 Å². The van der Waals surface area contributed by atoms with E-state index in [0.29, 0.717) is 0 Å². The second-order valence-electron chi connectivity index (χ2n) is 4.97. The van der Waals surface area contributed by atoms with E-state index in [9.17, 15) is 22.4 Å². The van der Waals surface area contributed by atoms with Crippen LogP contribution in [0.15, 0.2) is 65.5 Å². The summed E-state index contributed by atoms with van der Waals surface area (Å²) in [5.41, 5.74) is 4.33. The average Bonchev–Trinajstić information content (AvgIpc) is 2.59. The summed E-state index contributed by atoms with van der Waals surface area (Å²) in [6, 6.07) is 3.97. The molecular formula is C16H13F4N5O. The van der Waals surface area contributed by atoms with E-state index in [1.165, 1.54) is 12.4 Å². The number of carbonyl (C=O) groups is 1. The molecule has 136 valence electrons. The van der Waals surface area contributed by atoms with Crippen LogP contribution >= 0.6 is 0 Å². The van der Waals surface area contributed by atoms with Crippen LogP contribution in [0.25, 0.3) is 0 Å². The largest absolute Gasteiger partial charge is 0.416 e. The summed E-state index contributed by atoms with van der Waals surface area (Å²) in [4.78, 5) is 15.2. The average molecular weight is 367 g/mol. The van der Waals surface area contributed by atoms with Crippen LogP contribution in [0.1, 0.15) is 11.1 Å². The number of hydrogen-bond acceptors (Lipinski definition) is 4. The van der Waals surface area contributed by atoms with Gasteiger partial charge in [-0.25, -0.2) is 0 Å². The Bertz CT molecular complexity index is 835. The highest BCUT2D eigenvalue weighted by molar-refractivity contribution is 6.12. The van der Waals surface area contributed by atoms with Crippen molar-refractivity contribution in [3.8, 4) is 0 Å². The highest BCUT2D eigenvalue weighted by Crippen LogP contribution is 2.29. The Morgan fingerprint density at radius 3 is 2.31 bits per heavy atom. The number of halogens is 4. The van der Waals surface area contributed by atoms with Gasteiger partial charge in [0.1, 0.15) is 5.84 Å². The van der Waals surface area contributed by atoms with Gasteiger partial charge in [0.05, 0.1) is 11.3 Å². The van der Waals surface area contributed by atoms with E-state index in [0.717, 1.165) is 36.4 Å². The number of amidine groups is 1. The molecule has 0 atom stereocenters. The Hall–Kier alpha value is -3.43. The van der Waals surface area contributed by atoms with Crippen LogP contribution in [0.4, 0.5) is 17.6 Å². The predicted molar refractivity (Wildman–Crippen MR) is 87.6 cm³/mol. The van der Waals surface area contributed by atoms with E-state index in [4.69, 9.17) is 11.1 Å². The number of amides is 1. The molecule has 2 rings (SSSR count). The van der Waals surface area contributed by atoms with Gasteiger partial charge in [0, 0.05) is 12.4 Å². The second kappa shape index (κ2) is 7.64. The first-order valence-electron chi connectivity index (χ1n) is 7.09. The minimum Gasteiger partial charge on any atom is -0.384 e. The number of rotatable bonds is 4. The fourth-order valence-corrected chi connectivity index (χ4v) is 1.85. The van der Waals surface area contributed by atoms with Crippen molar-refractivity contribution >= 4 is 17.5 Å². The molecule has 6 nitrogen and oxygen atoms in total. The zero-order chi connectivity index (χ0) is 19.3. The molecule has 1 aromatic rings. The smallest absolute Gasteiger partial charge is 0.384 e. The van der Waals surface area contributed by atoms with Crippen LogP contribution < -0.4 is 16.4 Å². The number of nitrogens with one attached hydrogen (secondary N) is 3. The molecule has 0 spiro atoms. The number of hydrogen-bond donors (Lipinski definition) is 4. The third-order valence-electron chi connectivity index (χ3n) is 3.13. The van der Waals surface area contributed by atoms with E-state index in [1.807, 2.05) is 0 Å². The van der Waals surface area contributed by atoms with Crippen molar-refractivity contribution in [1.82, 2.24) is 10.6 Å². The molecule has 26 heavy (non-hydrogen) atoms. The Morgan fingerprint density at radius 2 is 1.73 bits per heavy atom. The topological polar surface area (TPSA) is 103 Å². The number of nitrogens with zero attached hydrogens (tertiary/aromatic N) is 1. The molecule has 0 unspecified atom stereocenters. The van der Waals surface area contributed by atoms with Gasteiger partial charge in [0.25, 0.3) is 5.91 Å². The standard InChI is InChI=1S/C16H13F4N5O/c17-14-13(23-7-8-24-14)15(26)25-12(22)6-5-11(21)9-1-3-10(4-2-9)16(18,19)20/h1-8,21,23-24H,(H2,22,25,26)/b6-5-,21-11?. The minimum absolute atomic E-state index is 0.143. The Balaban J connectivity index is 2.06. The molecule has 5 N–H and O–H groups in total. The summed E-state index contributed by atoms with van der Waals surface area (Å²) in [6.45, 7) is 0. The molecule has 0 fully saturated rings. The molecule has 0 saturated heterocycles. The summed E-state index contributed by atoms with van der Waals surface area (Å²) in [6.07, 6.45) is 0.339. The van der Waals surface area contributed by atoms with Crippen LogP contribution in [0.5, 0.6) is 0 Å². The van der Waals surface area contributed by atoms with Crippen LogP contribution in [0.2, 0.25) is 0 Å². The van der Waals surface area contributed by atoms with Gasteiger partial charge in [-0.1, -0.05) is 12.1 Å². The fraction of sp³-hybridized carbons (Fsp3) is 0.0625. The molecule has 0 aromatic heterocycles. The molecule has 1 amide bonds. The van der Waals surface area contributed by atoms with Crippen molar-refractivity contribution in [3.05, 3.63) is 71.6 Å². The Morgan fingerprint density at radius 1 is 1.12 bits per heavy atom. The maximum absolute atomic E-state index is 13.4. The second-order valence-corrected chi connectivity index (χ2v) is 4.97. The third kappa shape index (κ3) is 4.79. The van der Waals surface area contributed by atoms with Crippen molar-refractivity contribution in [2.24, 2.45) is 10.7 Å². The van der Waals surface area contributed by atoms with Gasteiger partial charge in [-0.05, 0) is 29.8 Å². The summed E-state index contributed by atoms with van der Waals surface area (Å²) in [5, 5.41) is 12.3. The van der Waals surface area contributed by atoms with Crippen molar-refractivity contribution in [3.63, 3.8) is 0 Å². The normalized spacial score (nSPS) is 15.0. The lowest BCUT2D eigenvalue weighted by molar-refractivity contribution is -0.137. The van der Waals surface area contributed by atoms with Crippen LogP contribution in [0.3, 0.4) is 0 Å². The van der Waals surface area contributed by atoms with Crippen LogP contribution in [-0.4, -0.2) is 17.5 Å². The van der Waals surface area contributed by atoms with Gasteiger partial charge in [-0.15, -0.1) is 0 Å². The fourth-order valence-electron chi connectivity index (χ4n) is 1.85. The minimum atomic E-state index is -4.46. The molecule has 1 heterocycles. The number of allylic oxidation sites excluding steroid dienone is 1. The van der Waals surface area contributed by atoms with Crippen molar-refractivity contribution in [2.45, 2.75) is 6.18 Å². The molecule has 1 aliphatic rings. The maximum atomic E-state index is 13.4. The summed E-state index contributed by atoms with van der Waals surface area (Å²) >= 11 is 0. The van der Waals surface area contributed by atoms with E-state index < -0.39 is 29.3 Å². The number of aliphatic imine (C=N–C) groups is 1. The van der Waals surface area contributed by atoms with Gasteiger partial charge < -0.3 is 21.8 Å². The molecule has 10 heteroatoms. The van der Waals surface area contributed by atoms with Gasteiger partial charge in [-0.3, -0.25) is 4.79 Å². The molecule has 0 saturated carbocycles. The number of nitrogens with two attached hydrogens (primary N) is 1. The van der Waals surface area contributed by atoms with E-state index in [2.05, 4.69) is 15.6 Å². The van der Waals surface area contributed by atoms with Crippen molar-refractivity contribution < 1.29 is 22.4 Å². The maximum Gasteiger partial charge on any atom is 0.416 e. The van der Waals surface area contributed by atoms with Gasteiger partial charge in [0.15, 0.2) is 5.70 Å². The van der Waals surface area contributed by atoms with Crippen LogP contribution in [-0.2, 0) is 11.0 Å². The van der Waals surface area contributed by atoms with E-state index in [-0.39, 0.29) is 17.1 Å². The zero-order valence-electron chi connectivity index (χ0n) is 13.1. The monoisotopic (exact) mass is 367 g/mol. The SMILES string of the molecule is N=C(/C=C\C(N)=NC(=O)C1=C(F)NC=CN1)c1ccc(C(F)(F)F)cc1. The number of carbonyl (C=O) groups excluding carboxylic acids is 1. The summed E-state index contributed by atoms with van der Waals surface area (Å²) in [5.74, 6) is -2.19. The molecule has 1 aromatic carbocycles.